The van der Waals surface area contributed by atoms with Crippen molar-refractivity contribution in [2.45, 2.75) is 30.8 Å². The largest absolute Gasteiger partial charge is 0.397 e. The quantitative estimate of drug-likeness (QED) is 0.350. The van der Waals surface area contributed by atoms with Crippen LogP contribution in [0.1, 0.15) is 25.7 Å². The molecule has 3 N–H and O–H groups in total. The fourth-order valence-corrected chi connectivity index (χ4v) is 3.79. The first-order chi connectivity index (χ1) is 12.6. The summed E-state index contributed by atoms with van der Waals surface area (Å²) >= 11 is 1.77. The zero-order chi connectivity index (χ0) is 18.4. The summed E-state index contributed by atoms with van der Waals surface area (Å²) in [7, 11) is 2.05. The number of unbranched alkanes of at least 4 members (excludes halogenated alkanes) is 2. The van der Waals surface area contributed by atoms with E-state index in [1.807, 2.05) is 36.4 Å². The second-order valence-electron chi connectivity index (χ2n) is 6.24. The number of nitrogens with zero attached hydrogens (tertiary/aromatic N) is 2. The molecule has 0 fully saturated rings. The molecule has 1 amide bonds. The van der Waals surface area contributed by atoms with Crippen LogP contribution >= 0.6 is 11.8 Å². The first kappa shape index (κ1) is 18.3. The van der Waals surface area contributed by atoms with Gasteiger partial charge in [-0.3, -0.25) is 4.79 Å². The van der Waals surface area contributed by atoms with Crippen molar-refractivity contribution in [1.29, 1.82) is 0 Å². The Labute approximate surface area is 158 Å². The van der Waals surface area contributed by atoms with Gasteiger partial charge in [0, 0.05) is 19.2 Å². The van der Waals surface area contributed by atoms with Crippen molar-refractivity contribution in [3.63, 3.8) is 0 Å². The number of rotatable bonds is 8. The van der Waals surface area contributed by atoms with Crippen molar-refractivity contribution in [2.75, 3.05) is 16.8 Å². The molecule has 0 aliphatic carbocycles. The van der Waals surface area contributed by atoms with Gasteiger partial charge in [0.1, 0.15) is 0 Å². The number of nitrogens with two attached hydrogens (primary N) is 1. The molecule has 136 valence electrons. The highest BCUT2D eigenvalue weighted by atomic mass is 32.2. The highest BCUT2D eigenvalue weighted by Crippen LogP contribution is 2.23. The SMILES string of the molecule is Cn1c(SCCCCCC(=O)Nc2ccccc2N)nc2ccccc21. The lowest BCUT2D eigenvalue weighted by atomic mass is 10.2. The van der Waals surface area contributed by atoms with E-state index in [4.69, 9.17) is 5.73 Å². The van der Waals surface area contributed by atoms with Crippen LogP contribution < -0.4 is 11.1 Å². The van der Waals surface area contributed by atoms with Crippen molar-refractivity contribution in [3.8, 4) is 0 Å². The summed E-state index contributed by atoms with van der Waals surface area (Å²) in [6, 6.07) is 15.5. The smallest absolute Gasteiger partial charge is 0.224 e. The van der Waals surface area contributed by atoms with Gasteiger partial charge >= 0.3 is 0 Å². The van der Waals surface area contributed by atoms with Crippen LogP contribution in [0.15, 0.2) is 53.7 Å². The molecule has 0 radical (unpaired) electrons. The third kappa shape index (κ3) is 4.58. The summed E-state index contributed by atoms with van der Waals surface area (Å²) in [5.41, 5.74) is 9.32. The number of hydrogen-bond acceptors (Lipinski definition) is 4. The third-order valence-corrected chi connectivity index (χ3v) is 5.38. The Morgan fingerprint density at radius 1 is 1.12 bits per heavy atom. The molecule has 1 aromatic heterocycles. The molecule has 6 heteroatoms. The van der Waals surface area contributed by atoms with Gasteiger partial charge in [0.25, 0.3) is 0 Å². The number of para-hydroxylation sites is 4. The molecule has 0 unspecified atom stereocenters. The first-order valence-corrected chi connectivity index (χ1v) is 9.82. The number of nitrogens with one attached hydrogen (secondary N) is 1. The summed E-state index contributed by atoms with van der Waals surface area (Å²) in [6.45, 7) is 0. The molecule has 5 nitrogen and oxygen atoms in total. The van der Waals surface area contributed by atoms with Crippen LogP contribution in [0.4, 0.5) is 11.4 Å². The van der Waals surface area contributed by atoms with Gasteiger partial charge in [-0.2, -0.15) is 0 Å². The van der Waals surface area contributed by atoms with E-state index >= 15 is 0 Å². The number of thioether (sulfide) groups is 1. The summed E-state index contributed by atoms with van der Waals surface area (Å²) in [5, 5.41) is 3.91. The summed E-state index contributed by atoms with van der Waals surface area (Å²) in [6.07, 6.45) is 3.48. The predicted octanol–water partition coefficient (Wildman–Crippen LogP) is 4.45. The number of anilines is 2. The summed E-state index contributed by atoms with van der Waals surface area (Å²) < 4.78 is 2.14. The molecule has 0 spiro atoms. The van der Waals surface area contributed by atoms with Gasteiger partial charge in [0.05, 0.1) is 22.4 Å². The second-order valence-corrected chi connectivity index (χ2v) is 7.30. The lowest BCUT2D eigenvalue weighted by Crippen LogP contribution is -2.12. The van der Waals surface area contributed by atoms with Crippen molar-refractivity contribution in [2.24, 2.45) is 7.05 Å². The Balaban J connectivity index is 1.36. The second kappa shape index (κ2) is 8.76. The number of aryl methyl sites for hydroxylation is 1. The molecule has 0 saturated heterocycles. The standard InChI is InChI=1S/C20H24N4OS/c1-24-18-12-7-6-11-17(18)23-20(24)26-14-8-2-3-13-19(25)22-16-10-5-4-9-15(16)21/h4-7,9-12H,2-3,8,13-14,21H2,1H3,(H,22,25). The number of carbonyl (C=O) groups is 1. The molecule has 3 aromatic rings. The maximum absolute atomic E-state index is 12.0. The van der Waals surface area contributed by atoms with E-state index in [2.05, 4.69) is 28.0 Å². The van der Waals surface area contributed by atoms with Gasteiger partial charge in [0.2, 0.25) is 5.91 Å². The highest BCUT2D eigenvalue weighted by molar-refractivity contribution is 7.99. The molecule has 0 saturated carbocycles. The zero-order valence-electron chi connectivity index (χ0n) is 14.9. The van der Waals surface area contributed by atoms with E-state index in [1.165, 1.54) is 0 Å². The maximum atomic E-state index is 12.0. The van der Waals surface area contributed by atoms with Gasteiger partial charge in [-0.15, -0.1) is 0 Å². The van der Waals surface area contributed by atoms with Gasteiger partial charge in [0.15, 0.2) is 5.16 Å². The van der Waals surface area contributed by atoms with Gasteiger partial charge in [-0.25, -0.2) is 4.98 Å². The van der Waals surface area contributed by atoms with Gasteiger partial charge < -0.3 is 15.6 Å². The van der Waals surface area contributed by atoms with E-state index in [1.54, 1.807) is 17.8 Å². The van der Waals surface area contributed by atoms with Gasteiger partial charge in [-0.05, 0) is 37.1 Å². The van der Waals surface area contributed by atoms with Crippen LogP contribution in [0.5, 0.6) is 0 Å². The fourth-order valence-electron chi connectivity index (χ4n) is 2.80. The molecule has 26 heavy (non-hydrogen) atoms. The minimum atomic E-state index is 0.0194. The van der Waals surface area contributed by atoms with Crippen molar-refractivity contribution in [1.82, 2.24) is 9.55 Å². The van der Waals surface area contributed by atoms with Crippen molar-refractivity contribution >= 4 is 40.1 Å². The van der Waals surface area contributed by atoms with Crippen LogP contribution in [-0.4, -0.2) is 21.2 Å². The lowest BCUT2D eigenvalue weighted by molar-refractivity contribution is -0.116. The van der Waals surface area contributed by atoms with Crippen LogP contribution in [0.3, 0.4) is 0 Å². The van der Waals surface area contributed by atoms with Crippen LogP contribution in [0.2, 0.25) is 0 Å². The normalized spacial score (nSPS) is 11.0. The average molecular weight is 369 g/mol. The van der Waals surface area contributed by atoms with E-state index in [-0.39, 0.29) is 5.91 Å². The molecule has 0 aliphatic rings. The Hall–Kier alpha value is -2.47. The number of fused-ring (bicyclic) bond motifs is 1. The predicted molar refractivity (Wildman–Crippen MR) is 109 cm³/mol. The van der Waals surface area contributed by atoms with Crippen LogP contribution in [0, 0.1) is 0 Å². The average Bonchev–Trinajstić information content (AvgIpc) is 2.96. The Bertz CT molecular complexity index is 890. The van der Waals surface area contributed by atoms with Gasteiger partial charge in [-0.1, -0.05) is 42.4 Å². The molecule has 1 heterocycles. The molecule has 0 atom stereocenters. The minimum absolute atomic E-state index is 0.0194. The van der Waals surface area contributed by atoms with E-state index in [0.717, 1.165) is 41.2 Å². The number of carbonyl (C=O) groups excluding carboxylic acids is 1. The molecule has 3 rings (SSSR count). The molecular weight excluding hydrogens is 344 g/mol. The molecule has 0 aliphatic heterocycles. The topological polar surface area (TPSA) is 72.9 Å². The zero-order valence-corrected chi connectivity index (χ0v) is 15.8. The molecular formula is C20H24N4OS. The number of hydrogen-bond donors (Lipinski definition) is 2. The Kier molecular flexibility index (Phi) is 6.17. The number of imidazole rings is 1. The van der Waals surface area contributed by atoms with E-state index in [9.17, 15) is 4.79 Å². The fraction of sp³-hybridized carbons (Fsp3) is 0.300. The highest BCUT2D eigenvalue weighted by Gasteiger charge is 2.08. The number of amides is 1. The number of aromatic nitrogens is 2. The Morgan fingerprint density at radius 3 is 2.69 bits per heavy atom. The lowest BCUT2D eigenvalue weighted by Gasteiger charge is -2.07. The monoisotopic (exact) mass is 368 g/mol. The molecule has 2 aromatic carbocycles. The third-order valence-electron chi connectivity index (χ3n) is 4.26. The summed E-state index contributed by atoms with van der Waals surface area (Å²) in [5.74, 6) is 1.02. The summed E-state index contributed by atoms with van der Waals surface area (Å²) in [4.78, 5) is 16.6. The van der Waals surface area contributed by atoms with E-state index in [0.29, 0.717) is 17.8 Å². The number of benzene rings is 2. The van der Waals surface area contributed by atoms with Crippen LogP contribution in [-0.2, 0) is 11.8 Å². The van der Waals surface area contributed by atoms with Crippen molar-refractivity contribution in [3.05, 3.63) is 48.5 Å². The first-order valence-electron chi connectivity index (χ1n) is 8.84. The number of nitrogen functional groups attached to an aromatic ring is 1. The molecule has 0 bridgehead atoms. The Morgan fingerprint density at radius 2 is 1.88 bits per heavy atom. The van der Waals surface area contributed by atoms with Crippen LogP contribution in [0.25, 0.3) is 11.0 Å². The minimum Gasteiger partial charge on any atom is -0.397 e. The van der Waals surface area contributed by atoms with E-state index < -0.39 is 0 Å². The van der Waals surface area contributed by atoms with Crippen molar-refractivity contribution < 1.29 is 4.79 Å². The maximum Gasteiger partial charge on any atom is 0.224 e.